The van der Waals surface area contributed by atoms with E-state index < -0.39 is 0 Å². The van der Waals surface area contributed by atoms with E-state index in [1.165, 1.54) is 98.7 Å². The normalized spacial score (nSPS) is 14.4. The molecule has 0 radical (unpaired) electrons. The summed E-state index contributed by atoms with van der Waals surface area (Å²) in [5, 5.41) is 10.4. The third kappa shape index (κ3) is 4.17. The summed E-state index contributed by atoms with van der Waals surface area (Å²) in [5.74, 6) is 0.218. The first-order chi connectivity index (χ1) is 24.7. The minimum Gasteiger partial charge on any atom is -0.260 e. The van der Waals surface area contributed by atoms with Crippen molar-refractivity contribution < 1.29 is 0 Å². The van der Waals surface area contributed by atoms with Gasteiger partial charge in [0.15, 0.2) is 0 Å². The topological polar surface area (TPSA) is 12.4 Å². The molecule has 0 bridgehead atoms. The molecule has 0 amide bonds. The van der Waals surface area contributed by atoms with Crippen molar-refractivity contribution in [2.75, 3.05) is 0 Å². The first-order valence-electron chi connectivity index (χ1n) is 17.5. The molecule has 0 spiro atoms. The summed E-state index contributed by atoms with van der Waals surface area (Å²) in [6.45, 7) is 0. The summed E-state index contributed by atoms with van der Waals surface area (Å²) in [4.78, 5) is 5.01. The van der Waals surface area contributed by atoms with E-state index in [2.05, 4.69) is 170 Å². The van der Waals surface area contributed by atoms with E-state index in [-0.39, 0.29) is 5.92 Å². The fourth-order valence-electron chi connectivity index (χ4n) is 8.63. The fraction of sp³-hybridized carbons (Fsp3) is 0.0408. The first kappa shape index (κ1) is 27.6. The Labute approximate surface area is 290 Å². The van der Waals surface area contributed by atoms with Crippen molar-refractivity contribution in [1.82, 2.24) is 0 Å². The van der Waals surface area contributed by atoms with Gasteiger partial charge < -0.3 is 0 Å². The maximum Gasteiger partial charge on any atom is 0.0658 e. The lowest BCUT2D eigenvalue weighted by atomic mass is 9.86. The van der Waals surface area contributed by atoms with E-state index in [0.717, 1.165) is 12.1 Å². The van der Waals surface area contributed by atoms with Gasteiger partial charge in [0.25, 0.3) is 0 Å². The number of hydrogen-bond donors (Lipinski definition) is 0. The number of aliphatic imine (C=N–C) groups is 1. The molecule has 2 aliphatic rings. The van der Waals surface area contributed by atoms with Crippen LogP contribution in [0.2, 0.25) is 0 Å². The van der Waals surface area contributed by atoms with Gasteiger partial charge in [-0.3, -0.25) is 4.99 Å². The number of fused-ring (bicyclic) bond motifs is 8. The van der Waals surface area contributed by atoms with Gasteiger partial charge in [-0.25, -0.2) is 0 Å². The van der Waals surface area contributed by atoms with Gasteiger partial charge in [0.2, 0.25) is 0 Å². The zero-order chi connectivity index (χ0) is 32.8. The molecule has 1 nitrogen and oxygen atoms in total. The van der Waals surface area contributed by atoms with Crippen LogP contribution in [0, 0.1) is 0 Å². The number of benzene rings is 9. The van der Waals surface area contributed by atoms with E-state index >= 15 is 0 Å². The smallest absolute Gasteiger partial charge is 0.0658 e. The molecule has 1 heterocycles. The van der Waals surface area contributed by atoms with E-state index in [0.29, 0.717) is 0 Å². The molecule has 0 saturated heterocycles. The molecular formula is C49H31N. The molecular weight excluding hydrogens is 603 g/mol. The highest BCUT2D eigenvalue weighted by Crippen LogP contribution is 2.53. The van der Waals surface area contributed by atoms with Crippen LogP contribution in [0.4, 0.5) is 5.69 Å². The monoisotopic (exact) mass is 633 g/mol. The Bertz CT molecular complexity index is 2910. The molecule has 50 heavy (non-hydrogen) atoms. The highest BCUT2D eigenvalue weighted by atomic mass is 14.7. The zero-order valence-electron chi connectivity index (χ0n) is 27.4. The lowest BCUT2D eigenvalue weighted by Crippen LogP contribution is -2.09. The zero-order valence-corrected chi connectivity index (χ0v) is 27.4. The van der Waals surface area contributed by atoms with Crippen molar-refractivity contribution in [2.45, 2.75) is 12.3 Å². The molecule has 1 aliphatic carbocycles. The minimum atomic E-state index is 0.218. The third-order valence-corrected chi connectivity index (χ3v) is 11.1. The largest absolute Gasteiger partial charge is 0.260 e. The molecule has 1 atom stereocenters. The summed E-state index contributed by atoms with van der Waals surface area (Å²) in [5.41, 5.74) is 14.0. The predicted octanol–water partition coefficient (Wildman–Crippen LogP) is 13.3. The Morgan fingerprint density at radius 1 is 0.400 bits per heavy atom. The molecule has 0 fully saturated rings. The van der Waals surface area contributed by atoms with Gasteiger partial charge in [0.1, 0.15) is 0 Å². The Kier molecular flexibility index (Phi) is 5.85. The molecule has 1 heteroatoms. The summed E-state index contributed by atoms with van der Waals surface area (Å²) < 4.78 is 0. The van der Waals surface area contributed by atoms with Crippen LogP contribution in [0.1, 0.15) is 17.0 Å². The van der Waals surface area contributed by atoms with Crippen molar-refractivity contribution in [3.05, 3.63) is 175 Å². The van der Waals surface area contributed by atoms with Gasteiger partial charge in [-0.1, -0.05) is 127 Å². The maximum atomic E-state index is 5.01. The van der Waals surface area contributed by atoms with Crippen molar-refractivity contribution in [3.63, 3.8) is 0 Å². The van der Waals surface area contributed by atoms with Crippen LogP contribution in [0.5, 0.6) is 0 Å². The highest BCUT2D eigenvalue weighted by molar-refractivity contribution is 6.28. The lowest BCUT2D eigenvalue weighted by molar-refractivity contribution is 0.877. The van der Waals surface area contributed by atoms with Crippen molar-refractivity contribution in [3.8, 4) is 44.5 Å². The van der Waals surface area contributed by atoms with Crippen LogP contribution < -0.4 is 0 Å². The van der Waals surface area contributed by atoms with Crippen LogP contribution in [0.3, 0.4) is 0 Å². The van der Waals surface area contributed by atoms with Crippen LogP contribution in [-0.4, -0.2) is 6.21 Å². The minimum absolute atomic E-state index is 0.218. The Morgan fingerprint density at radius 3 is 1.90 bits per heavy atom. The second-order valence-electron chi connectivity index (χ2n) is 13.9. The van der Waals surface area contributed by atoms with Gasteiger partial charge in [0, 0.05) is 12.1 Å². The SMILES string of the molecule is C1=Nc2ccc(-c3ccc4c5c(cc6ccccc6c35)-c3cc5ccccc5cc3-4)cc2CC1c1cccc(-c2ccc3ccccc3c2)c1. The molecule has 0 saturated carbocycles. The molecule has 0 aromatic heterocycles. The highest BCUT2D eigenvalue weighted by Gasteiger charge is 2.26. The molecule has 9 aromatic carbocycles. The predicted molar refractivity (Wildman–Crippen MR) is 213 cm³/mol. The fourth-order valence-corrected chi connectivity index (χ4v) is 8.63. The summed E-state index contributed by atoms with van der Waals surface area (Å²) >= 11 is 0. The molecule has 1 aliphatic heterocycles. The van der Waals surface area contributed by atoms with E-state index in [1.807, 2.05) is 0 Å². The molecule has 9 aromatic rings. The molecule has 232 valence electrons. The van der Waals surface area contributed by atoms with E-state index in [4.69, 9.17) is 4.99 Å². The molecule has 11 rings (SSSR count). The van der Waals surface area contributed by atoms with Gasteiger partial charge in [0.05, 0.1) is 5.69 Å². The number of rotatable bonds is 3. The van der Waals surface area contributed by atoms with Gasteiger partial charge in [-0.2, -0.15) is 0 Å². The van der Waals surface area contributed by atoms with E-state index in [1.54, 1.807) is 0 Å². The van der Waals surface area contributed by atoms with Crippen molar-refractivity contribution >= 4 is 55.0 Å². The van der Waals surface area contributed by atoms with Crippen LogP contribution in [0.15, 0.2) is 169 Å². The molecule has 0 N–H and O–H groups in total. The number of nitrogens with zero attached hydrogens (tertiary/aromatic N) is 1. The summed E-state index contributed by atoms with van der Waals surface area (Å²) in [6.07, 6.45) is 3.07. The van der Waals surface area contributed by atoms with Crippen molar-refractivity contribution in [1.29, 1.82) is 0 Å². The second kappa shape index (κ2) is 10.6. The summed E-state index contributed by atoms with van der Waals surface area (Å²) in [6, 6.07) is 60.8. The Morgan fingerprint density at radius 2 is 1.06 bits per heavy atom. The molecule has 1 unspecified atom stereocenters. The van der Waals surface area contributed by atoms with Gasteiger partial charge in [-0.05, 0) is 142 Å². The third-order valence-electron chi connectivity index (χ3n) is 11.1. The lowest BCUT2D eigenvalue weighted by Gasteiger charge is -2.21. The van der Waals surface area contributed by atoms with Crippen LogP contribution in [0.25, 0.3) is 87.6 Å². The van der Waals surface area contributed by atoms with E-state index in [9.17, 15) is 0 Å². The maximum absolute atomic E-state index is 5.01. The standard InChI is InChI=1S/C49H31N/c1-2-9-31-22-36(17-16-30(31)8-1)32-13-7-14-33(23-32)40-25-39-24-38(18-21-47(39)50-29-40)42-19-20-43-44-26-34-10-3-4-11-35(34)27-45(44)46-28-37-12-5-6-15-41(37)48(42)49(43)46/h1-24,26-29,40H,25H2. The van der Waals surface area contributed by atoms with Crippen LogP contribution in [-0.2, 0) is 6.42 Å². The Balaban J connectivity index is 1.02. The average molecular weight is 634 g/mol. The van der Waals surface area contributed by atoms with Crippen molar-refractivity contribution in [2.24, 2.45) is 4.99 Å². The average Bonchev–Trinajstić information content (AvgIpc) is 3.49. The van der Waals surface area contributed by atoms with Crippen LogP contribution >= 0.6 is 0 Å². The number of hydrogen-bond acceptors (Lipinski definition) is 1. The van der Waals surface area contributed by atoms with Gasteiger partial charge >= 0.3 is 0 Å². The Hall–Kier alpha value is -6.31. The second-order valence-corrected chi connectivity index (χ2v) is 13.9. The first-order valence-corrected chi connectivity index (χ1v) is 17.5. The van der Waals surface area contributed by atoms with Gasteiger partial charge in [-0.15, -0.1) is 0 Å². The quantitative estimate of drug-likeness (QED) is 0.172. The summed E-state index contributed by atoms with van der Waals surface area (Å²) in [7, 11) is 0.